The zero-order chi connectivity index (χ0) is 14.7. The number of halogens is 4. The van der Waals surface area contributed by atoms with E-state index in [4.69, 9.17) is 11.6 Å². The smallest absolute Gasteiger partial charge is 0.142 e. The summed E-state index contributed by atoms with van der Waals surface area (Å²) in [6.45, 7) is 2.72. The van der Waals surface area contributed by atoms with Gasteiger partial charge in [-0.25, -0.2) is 4.39 Å². The highest BCUT2D eigenvalue weighted by atomic mass is 79.9. The van der Waals surface area contributed by atoms with Crippen molar-refractivity contribution in [1.29, 1.82) is 0 Å². The van der Waals surface area contributed by atoms with Crippen LogP contribution in [0.3, 0.4) is 0 Å². The number of rotatable bonds is 4. The van der Waals surface area contributed by atoms with E-state index < -0.39 is 0 Å². The Morgan fingerprint density at radius 2 is 1.90 bits per heavy atom. The zero-order valence-corrected chi connectivity index (χ0v) is 14.7. The van der Waals surface area contributed by atoms with Gasteiger partial charge in [-0.1, -0.05) is 52.7 Å². The molecule has 0 aliphatic heterocycles. The van der Waals surface area contributed by atoms with Crippen molar-refractivity contribution in [2.75, 3.05) is 6.54 Å². The second kappa shape index (κ2) is 7.03. The van der Waals surface area contributed by atoms with E-state index in [0.29, 0.717) is 15.1 Å². The Kier molecular flexibility index (Phi) is 5.61. The van der Waals surface area contributed by atoms with Gasteiger partial charge in [0.2, 0.25) is 0 Å². The maximum Gasteiger partial charge on any atom is 0.142 e. The van der Waals surface area contributed by atoms with Crippen molar-refractivity contribution in [3.05, 3.63) is 67.3 Å². The van der Waals surface area contributed by atoms with Gasteiger partial charge >= 0.3 is 0 Å². The lowest BCUT2D eigenvalue weighted by Gasteiger charge is -2.21. The van der Waals surface area contributed by atoms with Crippen LogP contribution < -0.4 is 5.32 Å². The summed E-state index contributed by atoms with van der Waals surface area (Å²) < 4.78 is 15.7. The summed E-state index contributed by atoms with van der Waals surface area (Å²) in [5.41, 5.74) is 1.55. The summed E-state index contributed by atoms with van der Waals surface area (Å²) in [4.78, 5) is 0. The topological polar surface area (TPSA) is 12.0 Å². The van der Waals surface area contributed by atoms with E-state index in [1.54, 1.807) is 12.1 Å². The molecule has 0 bridgehead atoms. The molecule has 0 aromatic heterocycles. The second-order valence-corrected chi connectivity index (χ2v) is 6.44. The van der Waals surface area contributed by atoms with E-state index in [-0.39, 0.29) is 11.9 Å². The molecule has 0 heterocycles. The predicted molar refractivity (Wildman–Crippen MR) is 88.8 cm³/mol. The molecule has 0 aliphatic rings. The average molecular weight is 422 g/mol. The Morgan fingerprint density at radius 1 is 1.15 bits per heavy atom. The summed E-state index contributed by atoms with van der Waals surface area (Å²) in [6, 6.07) is 10.6. The van der Waals surface area contributed by atoms with Crippen molar-refractivity contribution >= 4 is 43.5 Å². The number of benzene rings is 2. The van der Waals surface area contributed by atoms with Gasteiger partial charge in [0.15, 0.2) is 0 Å². The molecule has 2 aromatic rings. The Morgan fingerprint density at radius 3 is 2.55 bits per heavy atom. The first kappa shape index (κ1) is 16.0. The first-order chi connectivity index (χ1) is 9.54. The van der Waals surface area contributed by atoms with Crippen molar-refractivity contribution in [3.63, 3.8) is 0 Å². The van der Waals surface area contributed by atoms with E-state index in [9.17, 15) is 4.39 Å². The molecule has 0 aliphatic carbocycles. The fourth-order valence-electron chi connectivity index (χ4n) is 2.07. The maximum absolute atomic E-state index is 14.3. The van der Waals surface area contributed by atoms with Crippen LogP contribution in [-0.2, 0) is 0 Å². The predicted octanol–water partition coefficient (Wildman–Crippen LogP) is 5.70. The van der Waals surface area contributed by atoms with E-state index in [2.05, 4.69) is 37.2 Å². The number of hydrogen-bond donors (Lipinski definition) is 1. The van der Waals surface area contributed by atoms with Crippen LogP contribution in [0.25, 0.3) is 0 Å². The third-order valence-corrected chi connectivity index (χ3v) is 4.51. The molecule has 2 rings (SSSR count). The summed E-state index contributed by atoms with van der Waals surface area (Å²) in [5, 5.41) is 3.95. The third-order valence-electron chi connectivity index (χ3n) is 2.97. The van der Waals surface area contributed by atoms with Crippen LogP contribution in [0, 0.1) is 5.82 Å². The Balaban J connectivity index is 2.53. The molecule has 0 amide bonds. The number of hydrogen-bond acceptors (Lipinski definition) is 1. The lowest BCUT2D eigenvalue weighted by molar-refractivity contribution is 0.554. The van der Waals surface area contributed by atoms with Crippen LogP contribution in [0.4, 0.5) is 4.39 Å². The molecule has 0 saturated carbocycles. The van der Waals surface area contributed by atoms with E-state index in [1.165, 1.54) is 0 Å². The van der Waals surface area contributed by atoms with Crippen LogP contribution in [0.15, 0.2) is 45.3 Å². The highest BCUT2D eigenvalue weighted by Crippen LogP contribution is 2.33. The molecule has 2 aromatic carbocycles. The molecular weight excluding hydrogens is 408 g/mol. The second-order valence-electron chi connectivity index (χ2n) is 4.30. The number of nitrogens with one attached hydrogen (secondary N) is 1. The minimum Gasteiger partial charge on any atom is -0.306 e. The van der Waals surface area contributed by atoms with Crippen molar-refractivity contribution in [2.45, 2.75) is 13.0 Å². The standard InChI is InChI=1S/C15H13Br2ClFN/c1-2-20-15(10-7-6-9(18)8-13(10)17)11-4-3-5-12(16)14(11)19/h3-8,15,20H,2H2,1H3. The SMILES string of the molecule is CCNC(c1ccc(Cl)cc1Br)c1cccc(Br)c1F. The molecular formula is C15H13Br2ClFN. The largest absolute Gasteiger partial charge is 0.306 e. The molecule has 0 fully saturated rings. The van der Waals surface area contributed by atoms with Crippen molar-refractivity contribution in [3.8, 4) is 0 Å². The molecule has 0 spiro atoms. The van der Waals surface area contributed by atoms with Crippen LogP contribution in [-0.4, -0.2) is 6.54 Å². The summed E-state index contributed by atoms with van der Waals surface area (Å²) in [6.07, 6.45) is 0. The maximum atomic E-state index is 14.3. The Hall–Kier alpha value is -0.420. The Labute approximate surface area is 139 Å². The third kappa shape index (κ3) is 3.42. The van der Waals surface area contributed by atoms with Crippen molar-refractivity contribution < 1.29 is 4.39 Å². The summed E-state index contributed by atoms with van der Waals surface area (Å²) >= 11 is 12.7. The molecule has 1 atom stereocenters. The molecule has 0 saturated heterocycles. The molecule has 106 valence electrons. The van der Waals surface area contributed by atoms with Gasteiger partial charge in [-0.2, -0.15) is 0 Å². The average Bonchev–Trinajstić information content (AvgIpc) is 2.40. The minimum atomic E-state index is -0.250. The highest BCUT2D eigenvalue weighted by molar-refractivity contribution is 9.10. The van der Waals surface area contributed by atoms with E-state index in [1.807, 2.05) is 31.2 Å². The first-order valence-electron chi connectivity index (χ1n) is 6.16. The molecule has 1 unspecified atom stereocenters. The van der Waals surface area contributed by atoms with Gasteiger partial charge in [-0.15, -0.1) is 0 Å². The highest BCUT2D eigenvalue weighted by Gasteiger charge is 2.20. The summed E-state index contributed by atoms with van der Waals surface area (Å²) in [5.74, 6) is -0.250. The van der Waals surface area contributed by atoms with Gasteiger partial charge in [-0.05, 0) is 46.2 Å². The lowest BCUT2D eigenvalue weighted by Crippen LogP contribution is -2.23. The van der Waals surface area contributed by atoms with Crippen LogP contribution in [0.5, 0.6) is 0 Å². The van der Waals surface area contributed by atoms with Gasteiger partial charge in [0.05, 0.1) is 10.5 Å². The van der Waals surface area contributed by atoms with E-state index >= 15 is 0 Å². The van der Waals surface area contributed by atoms with E-state index in [0.717, 1.165) is 16.6 Å². The molecule has 20 heavy (non-hydrogen) atoms. The fourth-order valence-corrected chi connectivity index (χ4v) is 3.36. The van der Waals surface area contributed by atoms with Gasteiger partial charge in [0, 0.05) is 15.1 Å². The Bertz CT molecular complexity index is 619. The van der Waals surface area contributed by atoms with Crippen molar-refractivity contribution in [1.82, 2.24) is 5.32 Å². The van der Waals surface area contributed by atoms with Gasteiger partial charge in [0.1, 0.15) is 5.82 Å². The molecule has 1 nitrogen and oxygen atoms in total. The lowest BCUT2D eigenvalue weighted by atomic mass is 9.98. The molecule has 0 radical (unpaired) electrons. The monoisotopic (exact) mass is 419 g/mol. The van der Waals surface area contributed by atoms with Gasteiger partial charge < -0.3 is 5.32 Å². The quantitative estimate of drug-likeness (QED) is 0.667. The first-order valence-corrected chi connectivity index (χ1v) is 8.13. The van der Waals surface area contributed by atoms with Crippen molar-refractivity contribution in [2.24, 2.45) is 0 Å². The molecule has 1 N–H and O–H groups in total. The van der Waals surface area contributed by atoms with Gasteiger partial charge in [0.25, 0.3) is 0 Å². The molecule has 5 heteroatoms. The minimum absolute atomic E-state index is 0.232. The van der Waals surface area contributed by atoms with Crippen LogP contribution >= 0.6 is 43.5 Å². The summed E-state index contributed by atoms with van der Waals surface area (Å²) in [7, 11) is 0. The fraction of sp³-hybridized carbons (Fsp3) is 0.200. The van der Waals surface area contributed by atoms with Crippen LogP contribution in [0.2, 0.25) is 5.02 Å². The van der Waals surface area contributed by atoms with Gasteiger partial charge in [-0.3, -0.25) is 0 Å². The van der Waals surface area contributed by atoms with Crippen LogP contribution in [0.1, 0.15) is 24.1 Å². The normalized spacial score (nSPS) is 12.4. The zero-order valence-electron chi connectivity index (χ0n) is 10.8.